The van der Waals surface area contributed by atoms with Crippen LogP contribution in [0, 0.1) is 0 Å². The van der Waals surface area contributed by atoms with Crippen molar-refractivity contribution >= 4 is 29.0 Å². The van der Waals surface area contributed by atoms with Gasteiger partial charge in [0, 0.05) is 11.9 Å². The smallest absolute Gasteiger partial charge is 0.234 e. The third-order valence-electron chi connectivity index (χ3n) is 4.36. The molecule has 0 aliphatic rings. The van der Waals surface area contributed by atoms with E-state index in [1.165, 1.54) is 17.3 Å². The molecule has 0 spiro atoms. The molecule has 4 aromatic rings. The topological polar surface area (TPSA) is 85.1 Å². The van der Waals surface area contributed by atoms with Crippen molar-refractivity contribution < 1.29 is 4.79 Å². The number of rotatable bonds is 6. The molecule has 146 valence electrons. The normalized spacial score (nSPS) is 11.1. The number of anilines is 1. The molecule has 0 saturated heterocycles. The van der Waals surface area contributed by atoms with Crippen LogP contribution in [-0.4, -0.2) is 36.5 Å². The Hall–Kier alpha value is -3.26. The van der Waals surface area contributed by atoms with Crippen LogP contribution in [0.4, 0.5) is 5.69 Å². The summed E-state index contributed by atoms with van der Waals surface area (Å²) in [7, 11) is 0. The van der Waals surface area contributed by atoms with E-state index in [2.05, 4.69) is 39.4 Å². The number of hydrogen-bond donors (Lipinski definition) is 1. The molecule has 0 aliphatic heterocycles. The van der Waals surface area contributed by atoms with Crippen molar-refractivity contribution in [3.63, 3.8) is 0 Å². The van der Waals surface area contributed by atoms with Gasteiger partial charge in [0.15, 0.2) is 5.65 Å². The van der Waals surface area contributed by atoms with E-state index in [-0.39, 0.29) is 11.7 Å². The van der Waals surface area contributed by atoms with Crippen LogP contribution in [-0.2, 0) is 4.79 Å². The quantitative estimate of drug-likeness (QED) is 0.488. The van der Waals surface area contributed by atoms with Crippen LogP contribution >= 0.6 is 11.8 Å². The van der Waals surface area contributed by atoms with Crippen LogP contribution in [0.5, 0.6) is 0 Å². The van der Waals surface area contributed by atoms with Crippen molar-refractivity contribution in [3.05, 3.63) is 66.4 Å². The molecular formula is C21H20N6OS. The van der Waals surface area contributed by atoms with E-state index in [0.717, 1.165) is 17.1 Å². The highest BCUT2D eigenvalue weighted by atomic mass is 32.2. The summed E-state index contributed by atoms with van der Waals surface area (Å²) in [5, 5.41) is 16.3. The summed E-state index contributed by atoms with van der Waals surface area (Å²) in [6.07, 6.45) is 1.72. The molecular weight excluding hydrogens is 384 g/mol. The maximum Gasteiger partial charge on any atom is 0.234 e. The summed E-state index contributed by atoms with van der Waals surface area (Å²) >= 11 is 1.29. The average molecular weight is 404 g/mol. The lowest BCUT2D eigenvalue weighted by Crippen LogP contribution is -2.14. The minimum Gasteiger partial charge on any atom is -0.325 e. The van der Waals surface area contributed by atoms with Crippen molar-refractivity contribution in [2.24, 2.45) is 0 Å². The molecule has 0 bridgehead atoms. The largest absolute Gasteiger partial charge is 0.325 e. The maximum atomic E-state index is 12.3. The molecule has 1 amide bonds. The van der Waals surface area contributed by atoms with Gasteiger partial charge in [-0.1, -0.05) is 43.8 Å². The third-order valence-corrected chi connectivity index (χ3v) is 5.27. The summed E-state index contributed by atoms with van der Waals surface area (Å²) < 4.78 is 1.64. The molecule has 0 radical (unpaired) electrons. The highest BCUT2D eigenvalue weighted by molar-refractivity contribution is 7.99. The number of benzene rings is 1. The van der Waals surface area contributed by atoms with Crippen molar-refractivity contribution in [1.29, 1.82) is 0 Å². The van der Waals surface area contributed by atoms with Crippen LogP contribution in [0.3, 0.4) is 0 Å². The zero-order valence-electron chi connectivity index (χ0n) is 16.1. The predicted molar refractivity (Wildman–Crippen MR) is 114 cm³/mol. The summed E-state index contributed by atoms with van der Waals surface area (Å²) in [5.74, 6) is 0.562. The molecule has 0 atom stereocenters. The SMILES string of the molecule is CC(C)c1ccc(NC(=O)CSc2nnc3ccc(-c4ccccn4)nn23)cc1. The van der Waals surface area contributed by atoms with Gasteiger partial charge in [-0.3, -0.25) is 9.78 Å². The molecule has 29 heavy (non-hydrogen) atoms. The highest BCUT2D eigenvalue weighted by Gasteiger charge is 2.12. The molecule has 1 aromatic carbocycles. The van der Waals surface area contributed by atoms with Crippen LogP contribution in [0.15, 0.2) is 66.0 Å². The summed E-state index contributed by atoms with van der Waals surface area (Å²) in [5.41, 5.74) is 4.12. The Bertz CT molecular complexity index is 1130. The van der Waals surface area contributed by atoms with Gasteiger partial charge in [0.05, 0.1) is 11.4 Å². The summed E-state index contributed by atoms with van der Waals surface area (Å²) in [4.78, 5) is 16.7. The molecule has 0 unspecified atom stereocenters. The minimum atomic E-state index is -0.107. The van der Waals surface area contributed by atoms with Crippen LogP contribution in [0.1, 0.15) is 25.3 Å². The number of nitrogens with one attached hydrogen (secondary N) is 1. The number of fused-ring (bicyclic) bond motifs is 1. The third kappa shape index (κ3) is 4.43. The van der Waals surface area contributed by atoms with E-state index in [1.807, 2.05) is 54.6 Å². The first-order valence-electron chi connectivity index (χ1n) is 9.26. The van der Waals surface area contributed by atoms with Gasteiger partial charge < -0.3 is 5.32 Å². The van der Waals surface area contributed by atoms with Crippen molar-refractivity contribution in [2.45, 2.75) is 24.9 Å². The number of aromatic nitrogens is 5. The number of hydrogen-bond acceptors (Lipinski definition) is 6. The number of thioether (sulfide) groups is 1. The Labute approximate surface area is 172 Å². The Morgan fingerprint density at radius 1 is 1.03 bits per heavy atom. The fraction of sp³-hybridized carbons (Fsp3) is 0.190. The number of pyridine rings is 1. The van der Waals surface area contributed by atoms with E-state index in [0.29, 0.717) is 16.7 Å². The average Bonchev–Trinajstić information content (AvgIpc) is 3.15. The zero-order valence-corrected chi connectivity index (χ0v) is 16.9. The van der Waals surface area contributed by atoms with Crippen molar-refractivity contribution in [1.82, 2.24) is 24.8 Å². The van der Waals surface area contributed by atoms with Gasteiger partial charge in [-0.15, -0.1) is 10.2 Å². The van der Waals surface area contributed by atoms with Crippen LogP contribution in [0.25, 0.3) is 17.0 Å². The first-order chi connectivity index (χ1) is 14.1. The van der Waals surface area contributed by atoms with Gasteiger partial charge in [0.2, 0.25) is 11.1 Å². The van der Waals surface area contributed by atoms with Crippen molar-refractivity contribution in [3.8, 4) is 11.4 Å². The lowest BCUT2D eigenvalue weighted by Gasteiger charge is -2.08. The van der Waals surface area contributed by atoms with Gasteiger partial charge in [0.25, 0.3) is 0 Å². The standard InChI is InChI=1S/C21H20N6OS/c1-14(2)15-6-8-16(9-7-15)23-20(28)13-29-21-25-24-19-11-10-18(26-27(19)21)17-5-3-4-12-22-17/h3-12,14H,13H2,1-2H3,(H,23,28). The molecule has 0 saturated carbocycles. The summed E-state index contributed by atoms with van der Waals surface area (Å²) in [6, 6.07) is 17.3. The Morgan fingerprint density at radius 3 is 2.59 bits per heavy atom. The fourth-order valence-corrected chi connectivity index (χ4v) is 3.48. The molecule has 8 heteroatoms. The molecule has 7 nitrogen and oxygen atoms in total. The Balaban J connectivity index is 1.44. The monoisotopic (exact) mass is 404 g/mol. The van der Waals surface area contributed by atoms with Gasteiger partial charge >= 0.3 is 0 Å². The second-order valence-corrected chi connectivity index (χ2v) is 7.74. The lowest BCUT2D eigenvalue weighted by atomic mass is 10.0. The van der Waals surface area contributed by atoms with Crippen LogP contribution in [0.2, 0.25) is 0 Å². The van der Waals surface area contributed by atoms with Gasteiger partial charge in [0.1, 0.15) is 5.69 Å². The molecule has 0 aliphatic carbocycles. The number of nitrogens with zero attached hydrogens (tertiary/aromatic N) is 5. The molecule has 3 aromatic heterocycles. The second kappa shape index (κ2) is 8.40. The van der Waals surface area contributed by atoms with E-state index >= 15 is 0 Å². The fourth-order valence-electron chi connectivity index (χ4n) is 2.79. The van der Waals surface area contributed by atoms with E-state index in [4.69, 9.17) is 0 Å². The van der Waals surface area contributed by atoms with E-state index < -0.39 is 0 Å². The zero-order chi connectivity index (χ0) is 20.2. The molecule has 1 N–H and O–H groups in total. The number of carbonyl (C=O) groups is 1. The number of carbonyl (C=O) groups excluding carboxylic acids is 1. The Morgan fingerprint density at radius 2 is 1.86 bits per heavy atom. The Kier molecular flexibility index (Phi) is 5.53. The van der Waals surface area contributed by atoms with Gasteiger partial charge in [-0.05, 0) is 47.9 Å². The van der Waals surface area contributed by atoms with Crippen molar-refractivity contribution in [2.75, 3.05) is 11.1 Å². The second-order valence-electron chi connectivity index (χ2n) is 6.80. The predicted octanol–water partition coefficient (Wildman–Crippen LogP) is 4.04. The molecule has 0 fully saturated rings. The maximum absolute atomic E-state index is 12.3. The molecule has 3 heterocycles. The lowest BCUT2D eigenvalue weighted by molar-refractivity contribution is -0.113. The van der Waals surface area contributed by atoms with Gasteiger partial charge in [-0.25, -0.2) is 0 Å². The first kappa shape index (κ1) is 19.1. The number of amides is 1. The minimum absolute atomic E-state index is 0.107. The van der Waals surface area contributed by atoms with Gasteiger partial charge in [-0.2, -0.15) is 9.61 Å². The summed E-state index contributed by atoms with van der Waals surface area (Å²) in [6.45, 7) is 4.28. The van der Waals surface area contributed by atoms with E-state index in [9.17, 15) is 4.79 Å². The van der Waals surface area contributed by atoms with E-state index in [1.54, 1.807) is 10.7 Å². The molecule has 4 rings (SSSR count). The highest BCUT2D eigenvalue weighted by Crippen LogP contribution is 2.20. The van der Waals surface area contributed by atoms with Crippen LogP contribution < -0.4 is 5.32 Å². The first-order valence-corrected chi connectivity index (χ1v) is 10.3.